The molecule has 0 aromatic rings. The van der Waals surface area contributed by atoms with Gasteiger partial charge in [0.1, 0.15) is 0 Å². The van der Waals surface area contributed by atoms with Crippen LogP contribution in [-0.2, 0) is 14.3 Å². The van der Waals surface area contributed by atoms with Crippen molar-refractivity contribution >= 4 is 11.9 Å². The maximum absolute atomic E-state index is 12.5. The molecule has 0 spiro atoms. The van der Waals surface area contributed by atoms with Gasteiger partial charge in [-0.15, -0.1) is 0 Å². The summed E-state index contributed by atoms with van der Waals surface area (Å²) in [5, 5.41) is 23.2. The van der Waals surface area contributed by atoms with Gasteiger partial charge in [0.15, 0.2) is 0 Å². The zero-order chi connectivity index (χ0) is 49.3. The molecule has 2 atom stereocenters. The molecule has 0 aliphatic carbocycles. The third-order valence-corrected chi connectivity index (χ3v) is 14.6. The van der Waals surface area contributed by atoms with Crippen molar-refractivity contribution in [3.05, 3.63) is 12.2 Å². The molecule has 0 aromatic heterocycles. The number of ether oxygens (including phenoxy) is 1. The Kier molecular flexibility index (Phi) is 57.0. The van der Waals surface area contributed by atoms with E-state index < -0.39 is 12.1 Å². The Morgan fingerprint density at radius 2 is 0.676 bits per heavy atom. The van der Waals surface area contributed by atoms with Crippen LogP contribution in [-0.4, -0.2) is 47.4 Å². The van der Waals surface area contributed by atoms with E-state index in [4.69, 9.17) is 4.74 Å². The minimum absolute atomic E-state index is 0.00873. The first-order valence-electron chi connectivity index (χ1n) is 31.0. The summed E-state index contributed by atoms with van der Waals surface area (Å²) >= 11 is 0. The van der Waals surface area contributed by atoms with Gasteiger partial charge in [-0.25, -0.2) is 0 Å². The maximum Gasteiger partial charge on any atom is 0.305 e. The summed E-state index contributed by atoms with van der Waals surface area (Å²) in [7, 11) is 0. The highest BCUT2D eigenvalue weighted by Gasteiger charge is 2.18. The number of allylic oxidation sites excluding steroid dienone is 1. The SMILES string of the molecule is CCCCCCCCCCCCCCCCCC/C=C/C(O)C(CO)NC(=O)CCCCCCCCCCCCCCCCCCCOC(=O)CCCCCCCCCCCCCCCCCC. The summed E-state index contributed by atoms with van der Waals surface area (Å²) in [5.74, 6) is -0.0612. The second kappa shape index (κ2) is 58.2. The van der Waals surface area contributed by atoms with Gasteiger partial charge in [0.25, 0.3) is 0 Å². The molecule has 0 fully saturated rings. The van der Waals surface area contributed by atoms with Gasteiger partial charge in [-0.1, -0.05) is 315 Å². The molecular weight excluding hydrogens is 839 g/mol. The van der Waals surface area contributed by atoms with Crippen molar-refractivity contribution < 1.29 is 24.5 Å². The Balaban J connectivity index is 3.42. The number of aliphatic hydroxyl groups excluding tert-OH is 2. The van der Waals surface area contributed by atoms with E-state index in [9.17, 15) is 19.8 Å². The molecule has 6 heteroatoms. The third kappa shape index (κ3) is 53.9. The first-order chi connectivity index (χ1) is 33.5. The zero-order valence-electron chi connectivity index (χ0n) is 46.1. The van der Waals surface area contributed by atoms with Gasteiger partial charge in [-0.05, 0) is 32.1 Å². The number of hydrogen-bond donors (Lipinski definition) is 3. The van der Waals surface area contributed by atoms with Crippen LogP contribution in [0.3, 0.4) is 0 Å². The number of amides is 1. The molecular formula is C62H121NO5. The Morgan fingerprint density at radius 3 is 1.00 bits per heavy atom. The number of hydrogen-bond acceptors (Lipinski definition) is 5. The highest BCUT2D eigenvalue weighted by atomic mass is 16.5. The second-order valence-electron chi connectivity index (χ2n) is 21.4. The zero-order valence-corrected chi connectivity index (χ0v) is 46.1. The number of esters is 1. The van der Waals surface area contributed by atoms with Crippen LogP contribution in [0.25, 0.3) is 0 Å². The van der Waals surface area contributed by atoms with Crippen LogP contribution in [0, 0.1) is 0 Å². The van der Waals surface area contributed by atoms with Crippen LogP contribution >= 0.6 is 0 Å². The summed E-state index contributed by atoms with van der Waals surface area (Å²) in [4.78, 5) is 24.6. The summed E-state index contributed by atoms with van der Waals surface area (Å²) in [6.07, 6.45) is 69.6. The average Bonchev–Trinajstić information content (AvgIpc) is 3.34. The van der Waals surface area contributed by atoms with Crippen molar-refractivity contribution in [1.29, 1.82) is 0 Å². The largest absolute Gasteiger partial charge is 0.466 e. The number of aliphatic hydroxyl groups is 2. The van der Waals surface area contributed by atoms with Crippen molar-refractivity contribution in [2.75, 3.05) is 13.2 Å². The van der Waals surface area contributed by atoms with Gasteiger partial charge < -0.3 is 20.3 Å². The minimum atomic E-state index is -0.848. The Hall–Kier alpha value is -1.40. The molecule has 6 nitrogen and oxygen atoms in total. The molecule has 3 N–H and O–H groups in total. The molecule has 0 aliphatic rings. The predicted octanol–water partition coefficient (Wildman–Crippen LogP) is 19.2. The van der Waals surface area contributed by atoms with Gasteiger partial charge in [0, 0.05) is 12.8 Å². The molecule has 68 heavy (non-hydrogen) atoms. The smallest absolute Gasteiger partial charge is 0.305 e. The Bertz CT molecular complexity index is 1020. The van der Waals surface area contributed by atoms with Gasteiger partial charge in [-0.2, -0.15) is 0 Å². The highest BCUT2D eigenvalue weighted by Crippen LogP contribution is 2.18. The summed E-state index contributed by atoms with van der Waals surface area (Å²) < 4.78 is 5.49. The van der Waals surface area contributed by atoms with Crippen molar-refractivity contribution in [1.82, 2.24) is 5.32 Å². The molecule has 0 aliphatic heterocycles. The third-order valence-electron chi connectivity index (χ3n) is 14.6. The fourth-order valence-electron chi connectivity index (χ4n) is 9.81. The molecule has 0 heterocycles. The molecule has 0 aromatic carbocycles. The minimum Gasteiger partial charge on any atom is -0.466 e. The van der Waals surface area contributed by atoms with Gasteiger partial charge in [-0.3, -0.25) is 9.59 Å². The molecule has 2 unspecified atom stereocenters. The normalized spacial score (nSPS) is 12.6. The van der Waals surface area contributed by atoms with Crippen molar-refractivity contribution in [2.24, 2.45) is 0 Å². The average molecular weight is 961 g/mol. The highest BCUT2D eigenvalue weighted by molar-refractivity contribution is 5.76. The van der Waals surface area contributed by atoms with Gasteiger partial charge in [0.05, 0.1) is 25.4 Å². The van der Waals surface area contributed by atoms with E-state index in [1.807, 2.05) is 6.08 Å². The molecule has 0 saturated heterocycles. The fourth-order valence-corrected chi connectivity index (χ4v) is 9.81. The molecule has 0 bridgehead atoms. The lowest BCUT2D eigenvalue weighted by Crippen LogP contribution is -2.45. The van der Waals surface area contributed by atoms with E-state index in [1.54, 1.807) is 6.08 Å². The lowest BCUT2D eigenvalue weighted by Gasteiger charge is -2.20. The van der Waals surface area contributed by atoms with E-state index in [-0.39, 0.29) is 18.5 Å². The van der Waals surface area contributed by atoms with Gasteiger partial charge in [0.2, 0.25) is 5.91 Å². The standard InChI is InChI=1S/C62H121NO5/c1-3-5-7-9-11-13-15-17-19-21-23-26-30-34-38-42-46-50-54-60(65)59(58-64)63-61(66)55-51-47-43-39-35-31-27-24-22-25-29-33-37-41-45-49-53-57-68-62(67)56-52-48-44-40-36-32-28-20-18-16-14-12-10-8-6-4-2/h50,54,59-60,64-65H,3-49,51-53,55-58H2,1-2H3,(H,63,66)/b54-50+. The first kappa shape index (κ1) is 66.6. The molecule has 404 valence electrons. The van der Waals surface area contributed by atoms with E-state index in [1.165, 1.54) is 283 Å². The molecule has 1 amide bonds. The fraction of sp³-hybridized carbons (Fsp3) is 0.935. The summed E-state index contributed by atoms with van der Waals surface area (Å²) in [6.45, 7) is 4.93. The topological polar surface area (TPSA) is 95.9 Å². The Morgan fingerprint density at radius 1 is 0.397 bits per heavy atom. The quantitative estimate of drug-likeness (QED) is 0.0321. The van der Waals surface area contributed by atoms with Crippen molar-refractivity contribution in [3.8, 4) is 0 Å². The number of rotatable bonds is 58. The van der Waals surface area contributed by atoms with E-state index in [0.717, 1.165) is 38.5 Å². The monoisotopic (exact) mass is 960 g/mol. The lowest BCUT2D eigenvalue weighted by molar-refractivity contribution is -0.143. The van der Waals surface area contributed by atoms with E-state index in [2.05, 4.69) is 19.2 Å². The number of unbranched alkanes of at least 4 members (excludes halogenated alkanes) is 47. The lowest BCUT2D eigenvalue weighted by atomic mass is 10.0. The van der Waals surface area contributed by atoms with Crippen LogP contribution in [0.15, 0.2) is 12.2 Å². The summed E-state index contributed by atoms with van der Waals surface area (Å²) in [6, 6.07) is -0.631. The molecule has 0 radical (unpaired) electrons. The van der Waals surface area contributed by atoms with Crippen LogP contribution in [0.1, 0.15) is 348 Å². The molecule has 0 rings (SSSR count). The van der Waals surface area contributed by atoms with Crippen molar-refractivity contribution in [3.63, 3.8) is 0 Å². The van der Waals surface area contributed by atoms with Crippen LogP contribution < -0.4 is 5.32 Å². The number of nitrogens with one attached hydrogen (secondary N) is 1. The van der Waals surface area contributed by atoms with Crippen molar-refractivity contribution in [2.45, 2.75) is 360 Å². The van der Waals surface area contributed by atoms with Gasteiger partial charge >= 0.3 is 5.97 Å². The number of carbonyl (C=O) groups excluding carboxylic acids is 2. The molecule has 0 saturated carbocycles. The summed E-state index contributed by atoms with van der Waals surface area (Å²) in [5.41, 5.74) is 0. The Labute approximate surface area is 425 Å². The second-order valence-corrected chi connectivity index (χ2v) is 21.4. The van der Waals surface area contributed by atoms with Crippen LogP contribution in [0.4, 0.5) is 0 Å². The van der Waals surface area contributed by atoms with Crippen LogP contribution in [0.2, 0.25) is 0 Å². The predicted molar refractivity (Wildman–Crippen MR) is 297 cm³/mol. The van der Waals surface area contributed by atoms with Crippen LogP contribution in [0.5, 0.6) is 0 Å². The number of carbonyl (C=O) groups is 2. The van der Waals surface area contributed by atoms with E-state index in [0.29, 0.717) is 19.4 Å². The maximum atomic E-state index is 12.5. The van der Waals surface area contributed by atoms with E-state index >= 15 is 0 Å². The first-order valence-corrected chi connectivity index (χ1v) is 31.0.